The van der Waals surface area contributed by atoms with Gasteiger partial charge in [-0.3, -0.25) is 0 Å². The normalized spacial score (nSPS) is 13.1. The summed E-state index contributed by atoms with van der Waals surface area (Å²) in [6, 6.07) is 12.3. The van der Waals surface area contributed by atoms with Gasteiger partial charge in [-0.2, -0.15) is 0 Å². The van der Waals surface area contributed by atoms with Gasteiger partial charge in [-0.05, 0) is 31.0 Å². The standard InChI is InChI=1S/C14H15ClN2O2S/c1-11(9-12-5-3-2-4-6-12)17-20(18,19)13-7-8-16-14(15)10-13/h2-8,10-11,17H,9H2,1H3. The lowest BCUT2D eigenvalue weighted by atomic mass is 10.1. The van der Waals surface area contributed by atoms with Crippen molar-refractivity contribution in [3.8, 4) is 0 Å². The maximum Gasteiger partial charge on any atom is 0.240 e. The third-order valence-corrected chi connectivity index (χ3v) is 4.54. The predicted molar refractivity (Wildman–Crippen MR) is 79.2 cm³/mol. The zero-order valence-electron chi connectivity index (χ0n) is 11.0. The van der Waals surface area contributed by atoms with E-state index in [1.807, 2.05) is 37.3 Å². The van der Waals surface area contributed by atoms with Crippen LogP contribution in [-0.4, -0.2) is 19.4 Å². The maximum atomic E-state index is 12.2. The second-order valence-electron chi connectivity index (χ2n) is 4.53. The van der Waals surface area contributed by atoms with Crippen molar-refractivity contribution in [2.45, 2.75) is 24.3 Å². The van der Waals surface area contributed by atoms with E-state index in [2.05, 4.69) is 9.71 Å². The molecule has 2 rings (SSSR count). The number of pyridine rings is 1. The number of benzene rings is 1. The third kappa shape index (κ3) is 4.03. The van der Waals surface area contributed by atoms with E-state index in [-0.39, 0.29) is 16.1 Å². The summed E-state index contributed by atoms with van der Waals surface area (Å²) in [5, 5.41) is 0.156. The van der Waals surface area contributed by atoms with Crippen LogP contribution in [0.4, 0.5) is 0 Å². The average molecular weight is 311 g/mol. The Kier molecular flexibility index (Phi) is 4.75. The van der Waals surface area contributed by atoms with Gasteiger partial charge >= 0.3 is 0 Å². The van der Waals surface area contributed by atoms with Crippen LogP contribution in [-0.2, 0) is 16.4 Å². The number of nitrogens with one attached hydrogen (secondary N) is 1. The van der Waals surface area contributed by atoms with E-state index >= 15 is 0 Å². The summed E-state index contributed by atoms with van der Waals surface area (Å²) in [5.74, 6) is 0. The lowest BCUT2D eigenvalue weighted by molar-refractivity contribution is 0.559. The van der Waals surface area contributed by atoms with Crippen LogP contribution in [0.25, 0.3) is 0 Å². The molecule has 0 aliphatic rings. The number of hydrogen-bond acceptors (Lipinski definition) is 3. The first kappa shape index (κ1) is 15.0. The third-order valence-electron chi connectivity index (χ3n) is 2.75. The Morgan fingerprint density at radius 2 is 1.95 bits per heavy atom. The molecule has 0 spiro atoms. The van der Waals surface area contributed by atoms with Crippen molar-refractivity contribution in [2.75, 3.05) is 0 Å². The molecular weight excluding hydrogens is 296 g/mol. The van der Waals surface area contributed by atoms with Crippen molar-refractivity contribution in [3.63, 3.8) is 0 Å². The number of hydrogen-bond donors (Lipinski definition) is 1. The molecule has 0 saturated heterocycles. The minimum atomic E-state index is -3.58. The van der Waals surface area contributed by atoms with Gasteiger partial charge in [0.15, 0.2) is 0 Å². The van der Waals surface area contributed by atoms with Crippen molar-refractivity contribution >= 4 is 21.6 Å². The van der Waals surface area contributed by atoms with Gasteiger partial charge in [0.05, 0.1) is 4.90 Å². The number of rotatable bonds is 5. The minimum absolute atomic E-state index is 0.123. The van der Waals surface area contributed by atoms with Gasteiger partial charge in [0.1, 0.15) is 5.15 Å². The Morgan fingerprint density at radius 3 is 2.60 bits per heavy atom. The molecule has 1 N–H and O–H groups in total. The fourth-order valence-corrected chi connectivity index (χ4v) is 3.39. The monoisotopic (exact) mass is 310 g/mol. The van der Waals surface area contributed by atoms with E-state index in [1.165, 1.54) is 18.3 Å². The molecule has 0 fully saturated rings. The molecule has 20 heavy (non-hydrogen) atoms. The van der Waals surface area contributed by atoms with Crippen LogP contribution in [0, 0.1) is 0 Å². The molecular formula is C14H15ClN2O2S. The summed E-state index contributed by atoms with van der Waals surface area (Å²) in [4.78, 5) is 3.90. The lowest BCUT2D eigenvalue weighted by Crippen LogP contribution is -2.34. The number of aromatic nitrogens is 1. The Morgan fingerprint density at radius 1 is 1.25 bits per heavy atom. The minimum Gasteiger partial charge on any atom is -0.244 e. The Bertz CT molecular complexity index is 675. The second kappa shape index (κ2) is 6.35. The molecule has 4 nitrogen and oxygen atoms in total. The van der Waals surface area contributed by atoms with Crippen LogP contribution >= 0.6 is 11.6 Å². The van der Waals surface area contributed by atoms with Crippen molar-refractivity contribution < 1.29 is 8.42 Å². The van der Waals surface area contributed by atoms with Gasteiger partial charge in [0.2, 0.25) is 10.0 Å². The molecule has 0 radical (unpaired) electrons. The summed E-state index contributed by atoms with van der Waals surface area (Å²) in [7, 11) is -3.58. The van der Waals surface area contributed by atoms with E-state index < -0.39 is 10.0 Å². The molecule has 0 aliphatic carbocycles. The van der Waals surface area contributed by atoms with Gasteiger partial charge in [0, 0.05) is 12.2 Å². The van der Waals surface area contributed by atoms with Gasteiger partial charge in [-0.25, -0.2) is 18.1 Å². The summed E-state index contributed by atoms with van der Waals surface area (Å²) >= 11 is 5.71. The van der Waals surface area contributed by atoms with Crippen molar-refractivity contribution in [1.82, 2.24) is 9.71 Å². The first-order chi connectivity index (χ1) is 9.47. The molecule has 1 atom stereocenters. The zero-order chi connectivity index (χ0) is 14.6. The van der Waals surface area contributed by atoms with E-state index in [0.717, 1.165) is 5.56 Å². The van der Waals surface area contributed by atoms with Crippen molar-refractivity contribution in [1.29, 1.82) is 0 Å². The van der Waals surface area contributed by atoms with Crippen LogP contribution in [0.2, 0.25) is 5.15 Å². The number of halogens is 1. The molecule has 1 aromatic carbocycles. The SMILES string of the molecule is CC(Cc1ccccc1)NS(=O)(=O)c1ccnc(Cl)c1. The zero-order valence-corrected chi connectivity index (χ0v) is 12.5. The summed E-state index contributed by atoms with van der Waals surface area (Å²) in [6.07, 6.45) is 2.00. The van der Waals surface area contributed by atoms with Crippen LogP contribution in [0.15, 0.2) is 53.6 Å². The van der Waals surface area contributed by atoms with Crippen LogP contribution in [0.3, 0.4) is 0 Å². The highest BCUT2D eigenvalue weighted by Gasteiger charge is 2.18. The highest BCUT2D eigenvalue weighted by atomic mass is 35.5. The molecule has 0 amide bonds. The molecule has 1 heterocycles. The highest BCUT2D eigenvalue weighted by molar-refractivity contribution is 7.89. The Labute approximate surface area is 123 Å². The molecule has 0 saturated carbocycles. The Balaban J connectivity index is 2.08. The van der Waals surface area contributed by atoms with Gasteiger partial charge in [0.25, 0.3) is 0 Å². The molecule has 1 aromatic heterocycles. The predicted octanol–water partition coefficient (Wildman–Crippen LogP) is 2.64. The summed E-state index contributed by atoms with van der Waals surface area (Å²) < 4.78 is 27.0. The van der Waals surface area contributed by atoms with Crippen LogP contribution < -0.4 is 4.72 Å². The fourth-order valence-electron chi connectivity index (χ4n) is 1.89. The quantitative estimate of drug-likeness (QED) is 0.864. The first-order valence-electron chi connectivity index (χ1n) is 6.15. The topological polar surface area (TPSA) is 59.1 Å². The van der Waals surface area contributed by atoms with Crippen molar-refractivity contribution in [2.24, 2.45) is 0 Å². The number of sulfonamides is 1. The highest BCUT2D eigenvalue weighted by Crippen LogP contribution is 2.14. The average Bonchev–Trinajstić information content (AvgIpc) is 2.39. The smallest absolute Gasteiger partial charge is 0.240 e. The summed E-state index contributed by atoms with van der Waals surface area (Å²) in [6.45, 7) is 1.83. The molecule has 0 aliphatic heterocycles. The van der Waals surface area contributed by atoms with E-state index in [9.17, 15) is 8.42 Å². The maximum absolute atomic E-state index is 12.2. The van der Waals surface area contributed by atoms with Gasteiger partial charge < -0.3 is 0 Å². The molecule has 106 valence electrons. The van der Waals surface area contributed by atoms with E-state index in [4.69, 9.17) is 11.6 Å². The molecule has 1 unspecified atom stereocenters. The van der Waals surface area contributed by atoms with E-state index in [1.54, 1.807) is 0 Å². The van der Waals surface area contributed by atoms with Crippen LogP contribution in [0.5, 0.6) is 0 Å². The van der Waals surface area contributed by atoms with Gasteiger partial charge in [-0.15, -0.1) is 0 Å². The summed E-state index contributed by atoms with van der Waals surface area (Å²) in [5.41, 5.74) is 1.08. The Hall–Kier alpha value is -1.43. The fraction of sp³-hybridized carbons (Fsp3) is 0.214. The van der Waals surface area contributed by atoms with E-state index in [0.29, 0.717) is 6.42 Å². The number of nitrogens with zero attached hydrogens (tertiary/aromatic N) is 1. The lowest BCUT2D eigenvalue weighted by Gasteiger charge is -2.14. The molecule has 2 aromatic rings. The second-order valence-corrected chi connectivity index (χ2v) is 6.63. The molecule has 0 bridgehead atoms. The van der Waals surface area contributed by atoms with Gasteiger partial charge in [-0.1, -0.05) is 41.9 Å². The largest absolute Gasteiger partial charge is 0.244 e. The molecule has 6 heteroatoms. The van der Waals surface area contributed by atoms with Crippen LogP contribution in [0.1, 0.15) is 12.5 Å². The van der Waals surface area contributed by atoms with Crippen molar-refractivity contribution in [3.05, 3.63) is 59.4 Å². The first-order valence-corrected chi connectivity index (χ1v) is 8.01.